The Morgan fingerprint density at radius 3 is 2.37 bits per heavy atom. The third kappa shape index (κ3) is 2.76. The predicted octanol–water partition coefficient (Wildman–Crippen LogP) is 3.14. The van der Waals surface area contributed by atoms with Crippen LogP contribution in [0.15, 0.2) is 24.3 Å². The molecule has 1 heterocycles. The number of rotatable bonds is 4. The van der Waals surface area contributed by atoms with Crippen molar-refractivity contribution < 1.29 is 9.90 Å². The highest BCUT2D eigenvalue weighted by molar-refractivity contribution is 7.17. The van der Waals surface area contributed by atoms with Crippen molar-refractivity contribution >= 4 is 23.0 Å². The van der Waals surface area contributed by atoms with Crippen LogP contribution < -0.4 is 4.90 Å². The number of aromatic nitrogens is 1. The maximum atomic E-state index is 11.1. The highest BCUT2D eigenvalue weighted by atomic mass is 32.1. The zero-order valence-corrected chi connectivity index (χ0v) is 12.0. The Bertz CT molecular complexity index is 588. The first-order chi connectivity index (χ1) is 9.02. The molecule has 4 nitrogen and oxygen atoms in total. The first kappa shape index (κ1) is 13.5. The third-order valence-electron chi connectivity index (χ3n) is 2.86. The molecule has 19 heavy (non-hydrogen) atoms. The molecule has 0 saturated carbocycles. The Kier molecular flexibility index (Phi) is 3.85. The van der Waals surface area contributed by atoms with Gasteiger partial charge in [-0.15, -0.1) is 11.3 Å². The molecular weight excluding hydrogens is 260 g/mol. The summed E-state index contributed by atoms with van der Waals surface area (Å²) in [6, 6.07) is 7.95. The first-order valence-corrected chi connectivity index (χ1v) is 6.85. The van der Waals surface area contributed by atoms with Crippen molar-refractivity contribution in [3.05, 3.63) is 34.8 Å². The van der Waals surface area contributed by atoms with Gasteiger partial charge in [-0.1, -0.05) is 6.92 Å². The van der Waals surface area contributed by atoms with Gasteiger partial charge >= 0.3 is 5.97 Å². The lowest BCUT2D eigenvalue weighted by Gasteiger charge is -2.11. The monoisotopic (exact) mass is 276 g/mol. The van der Waals surface area contributed by atoms with Crippen LogP contribution in [0.5, 0.6) is 0 Å². The Morgan fingerprint density at radius 1 is 1.32 bits per heavy atom. The van der Waals surface area contributed by atoms with E-state index in [0.29, 0.717) is 17.0 Å². The van der Waals surface area contributed by atoms with Gasteiger partial charge in [-0.3, -0.25) is 0 Å². The van der Waals surface area contributed by atoms with Crippen LogP contribution in [-0.4, -0.2) is 30.2 Å². The number of aryl methyl sites for hydroxylation is 1. The Hall–Kier alpha value is -1.88. The van der Waals surface area contributed by atoms with Crippen LogP contribution in [0.3, 0.4) is 0 Å². The molecule has 2 aromatic rings. The molecule has 0 bridgehead atoms. The summed E-state index contributed by atoms with van der Waals surface area (Å²) in [6.45, 7) is 1.92. The van der Waals surface area contributed by atoms with Gasteiger partial charge in [0, 0.05) is 25.3 Å². The number of benzene rings is 1. The van der Waals surface area contributed by atoms with Crippen molar-refractivity contribution in [2.24, 2.45) is 0 Å². The molecule has 0 aliphatic rings. The van der Waals surface area contributed by atoms with Crippen LogP contribution in [0.1, 0.15) is 22.3 Å². The second-order valence-corrected chi connectivity index (χ2v) is 5.39. The number of carbonyl (C=O) groups is 1. The Balaban J connectivity index is 2.39. The molecule has 0 atom stereocenters. The second-order valence-electron chi connectivity index (χ2n) is 4.39. The summed E-state index contributed by atoms with van der Waals surface area (Å²) in [6.07, 6.45) is 0.633. The zero-order valence-electron chi connectivity index (χ0n) is 11.2. The summed E-state index contributed by atoms with van der Waals surface area (Å²) in [5.74, 6) is -0.898. The van der Waals surface area contributed by atoms with E-state index in [1.54, 1.807) is 0 Å². The fourth-order valence-electron chi connectivity index (χ4n) is 1.78. The van der Waals surface area contributed by atoms with E-state index in [0.717, 1.165) is 16.3 Å². The van der Waals surface area contributed by atoms with E-state index in [2.05, 4.69) is 4.98 Å². The third-order valence-corrected chi connectivity index (χ3v) is 3.99. The predicted molar refractivity (Wildman–Crippen MR) is 78.2 cm³/mol. The minimum Gasteiger partial charge on any atom is -0.477 e. The number of carboxylic acids is 1. The smallest absolute Gasteiger partial charge is 0.347 e. The zero-order chi connectivity index (χ0) is 14.0. The summed E-state index contributed by atoms with van der Waals surface area (Å²) in [7, 11) is 3.96. The van der Waals surface area contributed by atoms with Crippen molar-refractivity contribution in [1.29, 1.82) is 0 Å². The van der Waals surface area contributed by atoms with Gasteiger partial charge in [-0.25, -0.2) is 9.78 Å². The van der Waals surface area contributed by atoms with Crippen molar-refractivity contribution in [2.75, 3.05) is 19.0 Å². The molecule has 2 rings (SSSR count). The van der Waals surface area contributed by atoms with Gasteiger partial charge < -0.3 is 10.0 Å². The average molecular weight is 276 g/mol. The van der Waals surface area contributed by atoms with Crippen molar-refractivity contribution in [2.45, 2.75) is 13.3 Å². The summed E-state index contributed by atoms with van der Waals surface area (Å²) < 4.78 is 0. The number of hydrogen-bond donors (Lipinski definition) is 1. The minimum absolute atomic E-state index is 0.342. The maximum Gasteiger partial charge on any atom is 0.347 e. The van der Waals surface area contributed by atoms with Gasteiger partial charge in [0.05, 0.1) is 5.69 Å². The lowest BCUT2D eigenvalue weighted by atomic mass is 10.2. The molecule has 0 amide bonds. The van der Waals surface area contributed by atoms with Crippen molar-refractivity contribution in [1.82, 2.24) is 4.98 Å². The van der Waals surface area contributed by atoms with Crippen molar-refractivity contribution in [3.63, 3.8) is 0 Å². The van der Waals surface area contributed by atoms with Gasteiger partial charge in [-0.2, -0.15) is 0 Å². The molecule has 0 spiro atoms. The van der Waals surface area contributed by atoms with Crippen LogP contribution in [0.4, 0.5) is 5.69 Å². The number of carboxylic acid groups (broad SMARTS) is 1. The van der Waals surface area contributed by atoms with Crippen LogP contribution in [-0.2, 0) is 6.42 Å². The molecule has 0 unspecified atom stereocenters. The number of anilines is 1. The molecule has 0 aliphatic carbocycles. The topological polar surface area (TPSA) is 53.4 Å². The van der Waals surface area contributed by atoms with E-state index in [1.165, 1.54) is 11.3 Å². The van der Waals surface area contributed by atoms with Gasteiger partial charge in [0.2, 0.25) is 0 Å². The summed E-state index contributed by atoms with van der Waals surface area (Å²) in [5, 5.41) is 9.90. The van der Waals surface area contributed by atoms with Gasteiger partial charge in [0.25, 0.3) is 0 Å². The van der Waals surface area contributed by atoms with E-state index in [-0.39, 0.29) is 0 Å². The van der Waals surface area contributed by atoms with Crippen LogP contribution >= 0.6 is 11.3 Å². The molecule has 0 aliphatic heterocycles. The summed E-state index contributed by atoms with van der Waals surface area (Å²) in [4.78, 5) is 17.9. The largest absolute Gasteiger partial charge is 0.477 e. The van der Waals surface area contributed by atoms with Crippen LogP contribution in [0, 0.1) is 0 Å². The maximum absolute atomic E-state index is 11.1. The molecular formula is C14H16N2O2S. The molecule has 0 saturated heterocycles. The van der Waals surface area contributed by atoms with E-state index < -0.39 is 5.97 Å². The molecule has 1 aromatic carbocycles. The normalized spacial score (nSPS) is 10.5. The number of hydrogen-bond acceptors (Lipinski definition) is 4. The minimum atomic E-state index is -0.898. The van der Waals surface area contributed by atoms with E-state index in [1.807, 2.05) is 50.2 Å². The lowest BCUT2D eigenvalue weighted by molar-refractivity contribution is 0.0701. The molecule has 5 heteroatoms. The summed E-state index contributed by atoms with van der Waals surface area (Å²) >= 11 is 1.24. The van der Waals surface area contributed by atoms with E-state index in [4.69, 9.17) is 5.11 Å². The number of nitrogens with zero attached hydrogens (tertiary/aromatic N) is 2. The highest BCUT2D eigenvalue weighted by Gasteiger charge is 2.16. The van der Waals surface area contributed by atoms with Gasteiger partial charge in [-0.05, 0) is 30.7 Å². The average Bonchev–Trinajstić information content (AvgIpc) is 2.83. The van der Waals surface area contributed by atoms with Crippen LogP contribution in [0.2, 0.25) is 0 Å². The van der Waals surface area contributed by atoms with Crippen LogP contribution in [0.25, 0.3) is 10.6 Å². The van der Waals surface area contributed by atoms with Gasteiger partial charge in [0.15, 0.2) is 0 Å². The Labute approximate surface area is 116 Å². The molecule has 0 radical (unpaired) electrons. The van der Waals surface area contributed by atoms with Crippen molar-refractivity contribution in [3.8, 4) is 10.6 Å². The van der Waals surface area contributed by atoms with Gasteiger partial charge in [0.1, 0.15) is 9.88 Å². The van der Waals surface area contributed by atoms with E-state index in [9.17, 15) is 4.79 Å². The number of aromatic carboxylic acids is 1. The number of thiazole rings is 1. The Morgan fingerprint density at radius 2 is 1.95 bits per heavy atom. The first-order valence-electron chi connectivity index (χ1n) is 6.03. The molecule has 1 aromatic heterocycles. The molecule has 1 N–H and O–H groups in total. The quantitative estimate of drug-likeness (QED) is 0.932. The fraction of sp³-hybridized carbons (Fsp3) is 0.286. The summed E-state index contributed by atoms with van der Waals surface area (Å²) in [5.41, 5.74) is 2.72. The highest BCUT2D eigenvalue weighted by Crippen LogP contribution is 2.29. The molecule has 100 valence electrons. The second kappa shape index (κ2) is 5.40. The van der Waals surface area contributed by atoms with E-state index >= 15 is 0 Å². The lowest BCUT2D eigenvalue weighted by Crippen LogP contribution is -2.07. The SMILES string of the molecule is CCc1nc(-c2ccc(N(C)C)cc2)sc1C(=O)O. The molecule has 0 fully saturated rings. The standard InChI is InChI=1S/C14H16N2O2S/c1-4-11-12(14(17)18)19-13(15-11)9-5-7-10(8-6-9)16(2)3/h5-8H,4H2,1-3H3,(H,17,18). The fourth-order valence-corrected chi connectivity index (χ4v) is 2.78.